The molecule has 0 aliphatic carbocycles. The Kier molecular flexibility index (Phi) is 10.9. The van der Waals surface area contributed by atoms with Crippen molar-refractivity contribution >= 4 is 5.91 Å². The van der Waals surface area contributed by atoms with E-state index in [0.717, 1.165) is 44.8 Å². The second-order valence-electron chi connectivity index (χ2n) is 6.02. The lowest BCUT2D eigenvalue weighted by Gasteiger charge is -2.31. The average molecular weight is 336 g/mol. The number of hydrogen-bond donors (Lipinski definition) is 1. The third-order valence-electron chi connectivity index (χ3n) is 4.15. The normalized spacial score (nSPS) is 17.2. The van der Waals surface area contributed by atoms with E-state index in [1.165, 1.54) is 0 Å². The molecule has 24 heavy (non-hydrogen) atoms. The Morgan fingerprint density at radius 2 is 2.00 bits per heavy atom. The molecule has 1 saturated heterocycles. The molecule has 1 fully saturated rings. The summed E-state index contributed by atoms with van der Waals surface area (Å²) in [6.45, 7) is 10.5. The molecule has 136 valence electrons. The Balaban J connectivity index is 2.01. The molecule has 0 radical (unpaired) electrons. The molecule has 1 N–H and O–H groups in total. The molecule has 1 aliphatic heterocycles. The van der Waals surface area contributed by atoms with Crippen molar-refractivity contribution in [2.45, 2.75) is 26.2 Å². The monoisotopic (exact) mass is 336 g/mol. The molecular formula is C19H32N2O3. The minimum absolute atomic E-state index is 0.154. The molecule has 1 amide bonds. The summed E-state index contributed by atoms with van der Waals surface area (Å²) in [6.07, 6.45) is 10.3. The van der Waals surface area contributed by atoms with E-state index >= 15 is 0 Å². The maximum Gasteiger partial charge on any atom is 0.220 e. The zero-order chi connectivity index (χ0) is 17.6. The summed E-state index contributed by atoms with van der Waals surface area (Å²) in [5.41, 5.74) is 0. The third-order valence-corrected chi connectivity index (χ3v) is 4.15. The molecular weight excluding hydrogens is 304 g/mol. The van der Waals surface area contributed by atoms with Gasteiger partial charge in [-0.15, -0.1) is 0 Å². The number of carbonyl (C=O) groups is 1. The number of piperidine rings is 1. The van der Waals surface area contributed by atoms with Crippen LogP contribution in [0.15, 0.2) is 36.6 Å². The summed E-state index contributed by atoms with van der Waals surface area (Å²) in [6, 6.07) is 0. The van der Waals surface area contributed by atoms with E-state index in [4.69, 9.17) is 9.47 Å². The second kappa shape index (κ2) is 12.8. The summed E-state index contributed by atoms with van der Waals surface area (Å²) in [4.78, 5) is 13.8. The molecule has 5 nitrogen and oxygen atoms in total. The Morgan fingerprint density at radius 3 is 2.67 bits per heavy atom. The molecule has 0 spiro atoms. The van der Waals surface area contributed by atoms with Crippen molar-refractivity contribution in [2.75, 3.05) is 46.5 Å². The fourth-order valence-electron chi connectivity index (χ4n) is 2.65. The highest BCUT2D eigenvalue weighted by molar-refractivity contribution is 5.75. The van der Waals surface area contributed by atoms with E-state index in [2.05, 4.69) is 16.8 Å². The smallest absolute Gasteiger partial charge is 0.220 e. The van der Waals surface area contributed by atoms with Crippen LogP contribution in [0, 0.1) is 5.92 Å². The first-order valence-electron chi connectivity index (χ1n) is 8.75. The average Bonchev–Trinajstić information content (AvgIpc) is 2.59. The van der Waals surface area contributed by atoms with Crippen LogP contribution in [0.1, 0.15) is 26.2 Å². The molecule has 0 aromatic heterocycles. The number of likely N-dealkylation sites (tertiary alicyclic amines) is 1. The van der Waals surface area contributed by atoms with Crippen LogP contribution in [0.4, 0.5) is 0 Å². The van der Waals surface area contributed by atoms with Gasteiger partial charge in [-0.2, -0.15) is 0 Å². The first-order valence-corrected chi connectivity index (χ1v) is 8.75. The molecule has 0 aromatic rings. The lowest BCUT2D eigenvalue weighted by Crippen LogP contribution is -2.37. The van der Waals surface area contributed by atoms with Gasteiger partial charge < -0.3 is 19.7 Å². The predicted octanol–water partition coefficient (Wildman–Crippen LogP) is 2.51. The minimum Gasteiger partial charge on any atom is -0.496 e. The van der Waals surface area contributed by atoms with Crippen molar-refractivity contribution < 1.29 is 14.3 Å². The highest BCUT2D eigenvalue weighted by Crippen LogP contribution is 2.19. The fraction of sp³-hybridized carbons (Fsp3) is 0.632. The molecule has 1 heterocycles. The molecule has 1 rings (SSSR count). The van der Waals surface area contributed by atoms with E-state index in [0.29, 0.717) is 25.6 Å². The number of nitrogens with zero attached hydrogens (tertiary/aromatic N) is 1. The van der Waals surface area contributed by atoms with Gasteiger partial charge in [-0.3, -0.25) is 4.79 Å². The Labute approximate surface area is 146 Å². The van der Waals surface area contributed by atoms with Gasteiger partial charge in [-0.1, -0.05) is 24.8 Å². The summed E-state index contributed by atoms with van der Waals surface area (Å²) in [5, 5.41) is 2.70. The number of carbonyl (C=O) groups excluding carboxylic acids is 1. The highest BCUT2D eigenvalue weighted by Gasteiger charge is 2.20. The summed E-state index contributed by atoms with van der Waals surface area (Å²) in [7, 11) is 1.70. The summed E-state index contributed by atoms with van der Waals surface area (Å²) in [5.74, 6) is 1.55. The van der Waals surface area contributed by atoms with Crippen molar-refractivity contribution in [3.63, 3.8) is 0 Å². The Morgan fingerprint density at radius 1 is 1.25 bits per heavy atom. The first kappa shape index (κ1) is 20.5. The molecule has 1 aliphatic rings. The largest absolute Gasteiger partial charge is 0.496 e. The van der Waals surface area contributed by atoms with Crippen LogP contribution in [0.5, 0.6) is 0 Å². The number of nitrogens with one attached hydrogen (secondary N) is 1. The van der Waals surface area contributed by atoms with E-state index < -0.39 is 0 Å². The van der Waals surface area contributed by atoms with E-state index in [1.54, 1.807) is 13.1 Å². The van der Waals surface area contributed by atoms with Crippen LogP contribution >= 0.6 is 0 Å². The van der Waals surface area contributed by atoms with Crippen molar-refractivity contribution in [3.05, 3.63) is 36.6 Å². The lowest BCUT2D eigenvalue weighted by molar-refractivity contribution is -0.121. The Hall–Kier alpha value is -1.59. The maximum absolute atomic E-state index is 11.4. The standard InChI is InChI=1S/C19H32N2O3/c1-4-5-6-7-17(2)24-15-14-23-13-12-21-10-8-18(9-11-21)16-19(22)20-3/h4-7,18H,1,8-16H2,2-3H3,(H,20,22)/b6-5-,17-7+. The van der Waals surface area contributed by atoms with Gasteiger partial charge in [0.2, 0.25) is 5.91 Å². The summed E-state index contributed by atoms with van der Waals surface area (Å²) >= 11 is 0. The quantitative estimate of drug-likeness (QED) is 0.358. The van der Waals surface area contributed by atoms with E-state index in [-0.39, 0.29) is 5.91 Å². The third kappa shape index (κ3) is 9.53. The molecule has 0 atom stereocenters. The van der Waals surface area contributed by atoms with Crippen LogP contribution in [0.2, 0.25) is 0 Å². The van der Waals surface area contributed by atoms with E-state index in [9.17, 15) is 4.79 Å². The first-order chi connectivity index (χ1) is 11.7. The van der Waals surface area contributed by atoms with Gasteiger partial charge in [0, 0.05) is 20.0 Å². The Bertz CT molecular complexity index is 424. The molecule has 0 unspecified atom stereocenters. The minimum atomic E-state index is 0.154. The molecule has 5 heteroatoms. The van der Waals surface area contributed by atoms with Gasteiger partial charge in [-0.25, -0.2) is 0 Å². The molecule has 0 bridgehead atoms. The number of amides is 1. The van der Waals surface area contributed by atoms with Gasteiger partial charge in [0.1, 0.15) is 6.61 Å². The topological polar surface area (TPSA) is 50.8 Å². The van der Waals surface area contributed by atoms with Crippen LogP contribution in [0.25, 0.3) is 0 Å². The van der Waals surface area contributed by atoms with Gasteiger partial charge in [-0.05, 0) is 44.8 Å². The second-order valence-corrected chi connectivity index (χ2v) is 6.02. The number of rotatable bonds is 11. The van der Waals surface area contributed by atoms with Gasteiger partial charge in [0.05, 0.1) is 19.0 Å². The van der Waals surface area contributed by atoms with Gasteiger partial charge >= 0.3 is 0 Å². The van der Waals surface area contributed by atoms with Crippen molar-refractivity contribution in [1.82, 2.24) is 10.2 Å². The summed E-state index contributed by atoms with van der Waals surface area (Å²) < 4.78 is 11.2. The molecule has 0 saturated carbocycles. The van der Waals surface area contributed by atoms with Crippen molar-refractivity contribution in [3.8, 4) is 0 Å². The van der Waals surface area contributed by atoms with Crippen molar-refractivity contribution in [2.24, 2.45) is 5.92 Å². The lowest BCUT2D eigenvalue weighted by atomic mass is 9.93. The van der Waals surface area contributed by atoms with Gasteiger partial charge in [0.25, 0.3) is 0 Å². The van der Waals surface area contributed by atoms with E-state index in [1.807, 2.05) is 25.2 Å². The van der Waals surface area contributed by atoms with Gasteiger partial charge in [0.15, 0.2) is 0 Å². The van der Waals surface area contributed by atoms with Crippen LogP contribution in [0.3, 0.4) is 0 Å². The number of ether oxygens (including phenoxy) is 2. The van der Waals surface area contributed by atoms with Crippen molar-refractivity contribution in [1.29, 1.82) is 0 Å². The van der Waals surface area contributed by atoms with Crippen LogP contribution < -0.4 is 5.32 Å². The SMILES string of the molecule is C=C/C=C\C=C(/C)OCCOCCN1CCC(CC(=O)NC)CC1. The number of hydrogen-bond acceptors (Lipinski definition) is 4. The number of allylic oxidation sites excluding steroid dienone is 5. The fourth-order valence-corrected chi connectivity index (χ4v) is 2.65. The highest BCUT2D eigenvalue weighted by atomic mass is 16.5. The zero-order valence-corrected chi connectivity index (χ0v) is 15.1. The van der Waals surface area contributed by atoms with Crippen LogP contribution in [-0.2, 0) is 14.3 Å². The zero-order valence-electron chi connectivity index (χ0n) is 15.1. The molecule has 0 aromatic carbocycles. The predicted molar refractivity (Wildman–Crippen MR) is 97.7 cm³/mol. The van der Waals surface area contributed by atoms with Crippen LogP contribution in [-0.4, -0.2) is 57.3 Å². The maximum atomic E-state index is 11.4.